The summed E-state index contributed by atoms with van der Waals surface area (Å²) in [5.41, 5.74) is 10.4. The Morgan fingerprint density at radius 1 is 1.26 bits per heavy atom. The quantitative estimate of drug-likeness (QED) is 0.620. The van der Waals surface area contributed by atoms with E-state index in [0.29, 0.717) is 12.2 Å². The number of nitrogen functional groups attached to an aromatic ring is 1. The molecule has 0 aliphatic rings. The Hall–Kier alpha value is -2.63. The van der Waals surface area contributed by atoms with E-state index in [1.807, 2.05) is 25.1 Å². The molecule has 0 saturated heterocycles. The van der Waals surface area contributed by atoms with Crippen LogP contribution in [-0.2, 0) is 6.54 Å². The van der Waals surface area contributed by atoms with Crippen LogP contribution in [0.4, 0.5) is 11.5 Å². The maximum absolute atomic E-state index is 5.89. The number of aromatic nitrogens is 4. The predicted molar refractivity (Wildman–Crippen MR) is 74.6 cm³/mol. The van der Waals surface area contributed by atoms with Crippen LogP contribution in [0.15, 0.2) is 30.9 Å². The number of hydrogen-bond donors (Lipinski definition) is 3. The molecule has 0 aliphatic heterocycles. The average Bonchev–Trinajstić information content (AvgIpc) is 2.89. The lowest BCUT2D eigenvalue weighted by Crippen LogP contribution is -2.05. The van der Waals surface area contributed by atoms with E-state index < -0.39 is 0 Å². The summed E-state index contributed by atoms with van der Waals surface area (Å²) in [7, 11) is 0. The molecule has 0 radical (unpaired) electrons. The molecule has 3 rings (SSSR count). The maximum atomic E-state index is 5.89. The van der Waals surface area contributed by atoms with Gasteiger partial charge in [-0.05, 0) is 24.1 Å². The topological polar surface area (TPSA) is 92.5 Å². The van der Waals surface area contributed by atoms with Gasteiger partial charge < -0.3 is 16.0 Å². The van der Waals surface area contributed by atoms with E-state index in [2.05, 4.69) is 25.3 Å². The van der Waals surface area contributed by atoms with Crippen LogP contribution in [0.5, 0.6) is 0 Å². The number of H-pyrrole nitrogens is 1. The minimum Gasteiger partial charge on any atom is -0.399 e. The number of benzene rings is 1. The number of nitrogens with zero attached hydrogens (tertiary/aromatic N) is 3. The second-order valence-corrected chi connectivity index (χ2v) is 4.31. The third kappa shape index (κ3) is 2.08. The van der Waals surface area contributed by atoms with Gasteiger partial charge in [0.15, 0.2) is 11.5 Å². The minimum absolute atomic E-state index is 0.654. The van der Waals surface area contributed by atoms with Crippen molar-refractivity contribution in [3.63, 3.8) is 0 Å². The number of nitrogens with one attached hydrogen (secondary N) is 2. The summed E-state index contributed by atoms with van der Waals surface area (Å²) in [4.78, 5) is 15.4. The first-order valence-electron chi connectivity index (χ1n) is 5.97. The molecule has 19 heavy (non-hydrogen) atoms. The molecular formula is C13H14N6. The van der Waals surface area contributed by atoms with Gasteiger partial charge in [-0.15, -0.1) is 0 Å². The Bertz CT molecular complexity index is 718. The van der Waals surface area contributed by atoms with Crippen LogP contribution in [0, 0.1) is 6.92 Å². The number of nitrogens with two attached hydrogens (primary N) is 1. The van der Waals surface area contributed by atoms with Crippen LogP contribution in [0.3, 0.4) is 0 Å². The lowest BCUT2D eigenvalue weighted by Gasteiger charge is -2.10. The molecule has 96 valence electrons. The fourth-order valence-electron chi connectivity index (χ4n) is 1.97. The van der Waals surface area contributed by atoms with Crippen LogP contribution in [0.2, 0.25) is 0 Å². The second kappa shape index (κ2) is 4.56. The first-order chi connectivity index (χ1) is 9.25. The van der Waals surface area contributed by atoms with Gasteiger partial charge in [0.25, 0.3) is 0 Å². The van der Waals surface area contributed by atoms with Crippen molar-refractivity contribution in [2.45, 2.75) is 13.5 Å². The van der Waals surface area contributed by atoms with Crippen molar-refractivity contribution in [1.29, 1.82) is 0 Å². The molecule has 1 aromatic carbocycles. The lowest BCUT2D eigenvalue weighted by atomic mass is 10.1. The van der Waals surface area contributed by atoms with Crippen LogP contribution in [0.1, 0.15) is 11.1 Å². The molecule has 6 heteroatoms. The summed E-state index contributed by atoms with van der Waals surface area (Å²) in [5.74, 6) is 0.740. The van der Waals surface area contributed by atoms with Crippen molar-refractivity contribution in [3.05, 3.63) is 42.0 Å². The van der Waals surface area contributed by atoms with Crippen molar-refractivity contribution >= 4 is 22.7 Å². The molecule has 0 aliphatic carbocycles. The van der Waals surface area contributed by atoms with E-state index in [1.165, 1.54) is 6.33 Å². The SMILES string of the molecule is Cc1c(N)cccc1CNc1ncnc2nc[nH]c12. The Labute approximate surface area is 110 Å². The van der Waals surface area contributed by atoms with Crippen LogP contribution in [-0.4, -0.2) is 19.9 Å². The molecule has 0 bridgehead atoms. The summed E-state index contributed by atoms with van der Waals surface area (Å²) in [6.45, 7) is 2.67. The van der Waals surface area contributed by atoms with Crippen molar-refractivity contribution in [2.75, 3.05) is 11.1 Å². The monoisotopic (exact) mass is 254 g/mol. The number of imidazole rings is 1. The smallest absolute Gasteiger partial charge is 0.182 e. The molecular weight excluding hydrogens is 240 g/mol. The predicted octanol–water partition coefficient (Wildman–Crippen LogP) is 1.86. The van der Waals surface area contributed by atoms with Crippen molar-refractivity contribution in [1.82, 2.24) is 19.9 Å². The van der Waals surface area contributed by atoms with Crippen molar-refractivity contribution < 1.29 is 0 Å². The Balaban J connectivity index is 1.86. The highest BCUT2D eigenvalue weighted by Crippen LogP contribution is 2.19. The van der Waals surface area contributed by atoms with Crippen molar-refractivity contribution in [3.8, 4) is 0 Å². The zero-order valence-electron chi connectivity index (χ0n) is 10.5. The maximum Gasteiger partial charge on any atom is 0.182 e. The second-order valence-electron chi connectivity index (χ2n) is 4.31. The summed E-state index contributed by atoms with van der Waals surface area (Å²) < 4.78 is 0. The Morgan fingerprint density at radius 3 is 3.05 bits per heavy atom. The molecule has 3 aromatic rings. The zero-order valence-corrected chi connectivity index (χ0v) is 10.5. The first-order valence-corrected chi connectivity index (χ1v) is 5.97. The largest absolute Gasteiger partial charge is 0.399 e. The molecule has 4 N–H and O–H groups in total. The van der Waals surface area contributed by atoms with E-state index in [9.17, 15) is 0 Å². The number of anilines is 2. The molecule has 2 heterocycles. The highest BCUT2D eigenvalue weighted by atomic mass is 15.1. The van der Waals surface area contributed by atoms with Crippen LogP contribution >= 0.6 is 0 Å². The van der Waals surface area contributed by atoms with Gasteiger partial charge in [-0.25, -0.2) is 15.0 Å². The van der Waals surface area contributed by atoms with Crippen LogP contribution in [0.25, 0.3) is 11.2 Å². The third-order valence-corrected chi connectivity index (χ3v) is 3.16. The van der Waals surface area contributed by atoms with Crippen LogP contribution < -0.4 is 11.1 Å². The average molecular weight is 254 g/mol. The molecule has 0 amide bonds. The first kappa shape index (κ1) is 11.5. The van der Waals surface area contributed by atoms with Gasteiger partial charge in [-0.2, -0.15) is 0 Å². The fourth-order valence-corrected chi connectivity index (χ4v) is 1.97. The van der Waals surface area contributed by atoms with E-state index in [4.69, 9.17) is 5.73 Å². The van der Waals surface area contributed by atoms with Gasteiger partial charge in [0.2, 0.25) is 0 Å². The van der Waals surface area contributed by atoms with Gasteiger partial charge in [0.1, 0.15) is 11.8 Å². The summed E-state index contributed by atoms with van der Waals surface area (Å²) in [6.07, 6.45) is 3.11. The number of fused-ring (bicyclic) bond motifs is 1. The molecule has 6 nitrogen and oxygen atoms in total. The number of aromatic amines is 1. The lowest BCUT2D eigenvalue weighted by molar-refractivity contribution is 1.08. The van der Waals surface area contributed by atoms with Gasteiger partial charge >= 0.3 is 0 Å². The number of rotatable bonds is 3. The summed E-state index contributed by atoms with van der Waals surface area (Å²) in [6, 6.07) is 5.89. The summed E-state index contributed by atoms with van der Waals surface area (Å²) in [5, 5.41) is 3.28. The van der Waals surface area contributed by atoms with E-state index in [-0.39, 0.29) is 0 Å². The van der Waals surface area contributed by atoms with Gasteiger partial charge in [-0.3, -0.25) is 0 Å². The zero-order chi connectivity index (χ0) is 13.2. The van der Waals surface area contributed by atoms with Crippen molar-refractivity contribution in [2.24, 2.45) is 0 Å². The third-order valence-electron chi connectivity index (χ3n) is 3.16. The Morgan fingerprint density at radius 2 is 2.16 bits per heavy atom. The van der Waals surface area contributed by atoms with E-state index >= 15 is 0 Å². The standard InChI is InChI=1S/C13H14N6/c1-8-9(3-2-4-10(8)14)5-15-12-11-13(17-6-16-11)19-7-18-12/h2-4,6-7H,5,14H2,1H3,(H2,15,16,17,18,19). The highest BCUT2D eigenvalue weighted by molar-refractivity contribution is 5.81. The molecule has 0 saturated carbocycles. The highest BCUT2D eigenvalue weighted by Gasteiger charge is 2.06. The summed E-state index contributed by atoms with van der Waals surface area (Å²) >= 11 is 0. The molecule has 2 aromatic heterocycles. The normalized spacial score (nSPS) is 10.8. The molecule has 0 atom stereocenters. The van der Waals surface area contributed by atoms with Gasteiger partial charge in [0.05, 0.1) is 6.33 Å². The van der Waals surface area contributed by atoms with Gasteiger partial charge in [0, 0.05) is 12.2 Å². The molecule has 0 unspecified atom stereocenters. The minimum atomic E-state index is 0.654. The van der Waals surface area contributed by atoms with E-state index in [1.54, 1.807) is 6.33 Å². The molecule has 0 spiro atoms. The van der Waals surface area contributed by atoms with E-state index in [0.717, 1.165) is 28.1 Å². The number of hydrogen-bond acceptors (Lipinski definition) is 5. The van der Waals surface area contributed by atoms with Gasteiger partial charge in [-0.1, -0.05) is 12.1 Å². The molecule has 0 fully saturated rings. The Kier molecular flexibility index (Phi) is 2.75. The fraction of sp³-hybridized carbons (Fsp3) is 0.154.